The molecule has 0 aliphatic heterocycles. The molecule has 1 fully saturated rings. The van der Waals surface area contributed by atoms with Crippen LogP contribution in [0.3, 0.4) is 0 Å². The molecule has 194 valence electrons. The van der Waals surface area contributed by atoms with Crippen LogP contribution < -0.4 is 10.6 Å². The Morgan fingerprint density at radius 3 is 2.64 bits per heavy atom. The number of hydrogen-bond donors (Lipinski definition) is 2. The van der Waals surface area contributed by atoms with Crippen LogP contribution in [0.25, 0.3) is 10.9 Å². The van der Waals surface area contributed by atoms with Gasteiger partial charge in [0.15, 0.2) is 5.82 Å². The summed E-state index contributed by atoms with van der Waals surface area (Å²) in [5.74, 6) is -2.79. The summed E-state index contributed by atoms with van der Waals surface area (Å²) in [6.07, 6.45) is 6.33. The van der Waals surface area contributed by atoms with Gasteiger partial charge in [-0.05, 0) is 42.7 Å². The maximum Gasteiger partial charge on any atom is 0.249 e. The van der Waals surface area contributed by atoms with Crippen molar-refractivity contribution in [2.45, 2.75) is 24.9 Å². The summed E-state index contributed by atoms with van der Waals surface area (Å²) < 4.78 is 43.2. The first-order chi connectivity index (χ1) is 18.9. The van der Waals surface area contributed by atoms with Crippen molar-refractivity contribution in [2.75, 3.05) is 10.6 Å². The normalized spacial score (nSPS) is 13.7. The van der Waals surface area contributed by atoms with Crippen LogP contribution in [0.4, 0.5) is 30.2 Å². The van der Waals surface area contributed by atoms with E-state index >= 15 is 0 Å². The largest absolute Gasteiger partial charge is 0.373 e. The molecule has 0 radical (unpaired) electrons. The Kier molecular flexibility index (Phi) is 6.24. The molecule has 0 amide bonds. The molecule has 39 heavy (non-hydrogen) atoms. The number of hydrogen-bond acceptors (Lipinski definition) is 7. The summed E-state index contributed by atoms with van der Waals surface area (Å²) in [4.78, 5) is 7.71. The summed E-state index contributed by atoms with van der Waals surface area (Å²) in [6, 6.07) is 12.2. The first-order valence-corrected chi connectivity index (χ1v) is 12.3. The van der Waals surface area contributed by atoms with E-state index in [4.69, 9.17) is 11.6 Å². The number of fused-ring (bicyclic) bond motifs is 1. The van der Waals surface area contributed by atoms with Crippen molar-refractivity contribution in [1.29, 1.82) is 5.26 Å². The Labute approximate surface area is 225 Å². The first kappa shape index (κ1) is 24.6. The number of halogens is 4. The van der Waals surface area contributed by atoms with E-state index in [2.05, 4.69) is 37.0 Å². The molecule has 0 saturated heterocycles. The van der Waals surface area contributed by atoms with Gasteiger partial charge in [0.1, 0.15) is 17.6 Å². The van der Waals surface area contributed by atoms with E-state index < -0.39 is 23.6 Å². The summed E-state index contributed by atoms with van der Waals surface area (Å²) >= 11 is 6.61. The number of anilines is 3. The van der Waals surface area contributed by atoms with Gasteiger partial charge < -0.3 is 10.6 Å². The van der Waals surface area contributed by atoms with Gasteiger partial charge in [-0.1, -0.05) is 28.9 Å². The predicted octanol–water partition coefficient (Wildman–Crippen LogP) is 6.44. The highest BCUT2D eigenvalue weighted by Crippen LogP contribution is 2.38. The fourth-order valence-corrected chi connectivity index (χ4v) is 4.59. The van der Waals surface area contributed by atoms with Crippen molar-refractivity contribution >= 4 is 39.6 Å². The quantitative estimate of drug-likeness (QED) is 0.226. The summed E-state index contributed by atoms with van der Waals surface area (Å²) in [7, 11) is 0. The number of nitrogens with zero attached hydrogens (tertiary/aromatic N) is 6. The number of nitrogens with one attached hydrogen (secondary N) is 2. The second-order valence-electron chi connectivity index (χ2n) is 9.12. The number of pyridine rings is 2. The second-order valence-corrected chi connectivity index (χ2v) is 9.53. The highest BCUT2D eigenvalue weighted by atomic mass is 35.5. The van der Waals surface area contributed by atoms with Crippen LogP contribution in [0.5, 0.6) is 0 Å². The zero-order chi connectivity index (χ0) is 27.1. The van der Waals surface area contributed by atoms with Crippen LogP contribution in [-0.4, -0.2) is 25.0 Å². The van der Waals surface area contributed by atoms with Crippen LogP contribution in [0.1, 0.15) is 41.7 Å². The van der Waals surface area contributed by atoms with E-state index in [1.165, 1.54) is 18.3 Å². The molecule has 1 aliphatic carbocycles. The van der Waals surface area contributed by atoms with Crippen molar-refractivity contribution in [3.8, 4) is 6.07 Å². The lowest BCUT2D eigenvalue weighted by molar-refractivity contribution is 0.480. The van der Waals surface area contributed by atoms with Crippen LogP contribution in [0.2, 0.25) is 5.02 Å². The monoisotopic (exact) mass is 546 g/mol. The van der Waals surface area contributed by atoms with Gasteiger partial charge in [-0.15, -0.1) is 5.10 Å². The fraction of sp³-hybridized carbons (Fsp3) is 0.148. The summed E-state index contributed by atoms with van der Waals surface area (Å²) in [5, 5.41) is 25.3. The van der Waals surface area contributed by atoms with Crippen molar-refractivity contribution in [1.82, 2.24) is 25.0 Å². The zero-order valence-electron chi connectivity index (χ0n) is 20.0. The van der Waals surface area contributed by atoms with E-state index in [9.17, 15) is 18.4 Å². The third-order valence-electron chi connectivity index (χ3n) is 6.35. The van der Waals surface area contributed by atoms with E-state index in [0.717, 1.165) is 25.1 Å². The summed E-state index contributed by atoms with van der Waals surface area (Å²) in [6.45, 7) is 0. The van der Waals surface area contributed by atoms with Gasteiger partial charge in [0.05, 0.1) is 52.0 Å². The Morgan fingerprint density at radius 1 is 1.05 bits per heavy atom. The molecule has 2 aromatic carbocycles. The van der Waals surface area contributed by atoms with Crippen LogP contribution in [0.15, 0.2) is 61.1 Å². The van der Waals surface area contributed by atoms with Crippen molar-refractivity contribution in [3.05, 3.63) is 100 Å². The average molecular weight is 547 g/mol. The standard InChI is InChI=1S/C27H18ClF3N8/c28-21-8-17(35-25(14-2-1-3-16(29)6-14)23-13-39(38-37-23)19-4-5-19)7-20-24(15(10-32)11-33-26(20)21)36-18-9-22(30)27(31)34-12-18/h1-3,6-9,11-13,19,25,35H,4-5H2,(H,33,36). The minimum atomic E-state index is -1.24. The molecule has 1 atom stereocenters. The molecule has 8 nitrogen and oxygen atoms in total. The van der Waals surface area contributed by atoms with Crippen LogP contribution in [-0.2, 0) is 0 Å². The third-order valence-corrected chi connectivity index (χ3v) is 6.64. The SMILES string of the molecule is N#Cc1cnc2c(Cl)cc(NC(c3cccc(F)c3)c3cn(C4CC4)nn3)cc2c1Nc1cnc(F)c(F)c1. The molecule has 1 unspecified atom stereocenters. The molecule has 3 heterocycles. The topological polar surface area (TPSA) is 104 Å². The number of nitriles is 1. The lowest BCUT2D eigenvalue weighted by atomic mass is 10.0. The van der Waals surface area contributed by atoms with Gasteiger partial charge in [0, 0.05) is 23.3 Å². The molecule has 5 aromatic rings. The van der Waals surface area contributed by atoms with Crippen molar-refractivity contribution < 1.29 is 13.2 Å². The maximum atomic E-state index is 14.2. The molecule has 3 aromatic heterocycles. The maximum absolute atomic E-state index is 14.2. The Morgan fingerprint density at radius 2 is 1.90 bits per heavy atom. The molecule has 1 saturated carbocycles. The Balaban J connectivity index is 1.44. The average Bonchev–Trinajstić information content (AvgIpc) is 3.66. The lowest BCUT2D eigenvalue weighted by Gasteiger charge is -2.20. The van der Waals surface area contributed by atoms with Gasteiger partial charge >= 0.3 is 0 Å². The molecular formula is C27H18ClF3N8. The van der Waals surface area contributed by atoms with Crippen molar-refractivity contribution in [3.63, 3.8) is 0 Å². The minimum Gasteiger partial charge on any atom is -0.373 e. The molecular weight excluding hydrogens is 529 g/mol. The van der Waals surface area contributed by atoms with Gasteiger partial charge in [-0.2, -0.15) is 9.65 Å². The zero-order valence-corrected chi connectivity index (χ0v) is 20.8. The van der Waals surface area contributed by atoms with E-state index in [-0.39, 0.29) is 22.0 Å². The first-order valence-electron chi connectivity index (χ1n) is 11.9. The Hall–Kier alpha value is -4.69. The molecule has 12 heteroatoms. The number of aromatic nitrogens is 5. The molecule has 1 aliphatic rings. The van der Waals surface area contributed by atoms with E-state index in [1.54, 1.807) is 28.9 Å². The van der Waals surface area contributed by atoms with E-state index in [1.807, 2.05) is 6.20 Å². The lowest BCUT2D eigenvalue weighted by Crippen LogP contribution is -2.13. The van der Waals surface area contributed by atoms with Crippen LogP contribution >= 0.6 is 11.6 Å². The van der Waals surface area contributed by atoms with E-state index in [0.29, 0.717) is 33.9 Å². The van der Waals surface area contributed by atoms with Gasteiger partial charge in [-0.25, -0.2) is 18.4 Å². The second kappa shape index (κ2) is 9.89. The van der Waals surface area contributed by atoms with Gasteiger partial charge in [0.2, 0.25) is 5.95 Å². The Bertz CT molecular complexity index is 1760. The summed E-state index contributed by atoms with van der Waals surface area (Å²) in [5.41, 5.74) is 2.65. The highest BCUT2D eigenvalue weighted by Gasteiger charge is 2.27. The molecule has 6 rings (SSSR count). The molecule has 2 N–H and O–H groups in total. The predicted molar refractivity (Wildman–Crippen MR) is 139 cm³/mol. The van der Waals surface area contributed by atoms with Gasteiger partial charge in [-0.3, -0.25) is 4.98 Å². The number of benzene rings is 2. The highest BCUT2D eigenvalue weighted by molar-refractivity contribution is 6.36. The van der Waals surface area contributed by atoms with Crippen LogP contribution in [0, 0.1) is 28.9 Å². The smallest absolute Gasteiger partial charge is 0.249 e. The van der Waals surface area contributed by atoms with Gasteiger partial charge in [0.25, 0.3) is 0 Å². The molecule has 0 spiro atoms. The third kappa shape index (κ3) is 4.94. The minimum absolute atomic E-state index is 0.127. The fourth-order valence-electron chi connectivity index (χ4n) is 4.32. The number of rotatable bonds is 7. The molecule has 0 bridgehead atoms. The van der Waals surface area contributed by atoms with Crippen molar-refractivity contribution in [2.24, 2.45) is 0 Å².